The van der Waals surface area contributed by atoms with Crippen LogP contribution in [0.5, 0.6) is 11.5 Å². The van der Waals surface area contributed by atoms with Crippen LogP contribution >= 0.6 is 11.6 Å². The van der Waals surface area contributed by atoms with Crippen LogP contribution in [0.25, 0.3) is 0 Å². The Hall–Kier alpha value is -2.20. The van der Waals surface area contributed by atoms with E-state index in [2.05, 4.69) is 5.32 Å². The third-order valence-electron chi connectivity index (χ3n) is 3.69. The van der Waals surface area contributed by atoms with E-state index in [1.54, 1.807) is 31.2 Å². The van der Waals surface area contributed by atoms with Gasteiger partial charge in [0.15, 0.2) is 6.10 Å². The predicted molar refractivity (Wildman–Crippen MR) is 96.0 cm³/mol. The summed E-state index contributed by atoms with van der Waals surface area (Å²) in [6.45, 7) is 6.57. The van der Waals surface area contributed by atoms with Gasteiger partial charge in [0.25, 0.3) is 5.91 Å². The molecule has 0 spiro atoms. The van der Waals surface area contributed by atoms with E-state index in [1.807, 2.05) is 32.0 Å². The molecule has 0 aromatic heterocycles. The number of rotatable bonds is 7. The van der Waals surface area contributed by atoms with E-state index in [4.69, 9.17) is 21.1 Å². The molecule has 0 aliphatic rings. The van der Waals surface area contributed by atoms with Gasteiger partial charge in [0, 0.05) is 5.02 Å². The lowest BCUT2D eigenvalue weighted by Crippen LogP contribution is -2.38. The monoisotopic (exact) mass is 347 g/mol. The molecule has 0 fully saturated rings. The lowest BCUT2D eigenvalue weighted by molar-refractivity contribution is -0.127. The van der Waals surface area contributed by atoms with Gasteiger partial charge in [0.2, 0.25) is 0 Å². The summed E-state index contributed by atoms with van der Waals surface area (Å²) in [4.78, 5) is 12.0. The smallest absolute Gasteiger partial charge is 0.260 e. The van der Waals surface area contributed by atoms with Crippen molar-refractivity contribution in [2.45, 2.75) is 26.9 Å². The molecule has 0 heterocycles. The number of nitrogens with one attached hydrogen (secondary N) is 1. The number of halogens is 1. The van der Waals surface area contributed by atoms with Crippen LogP contribution < -0.4 is 14.8 Å². The van der Waals surface area contributed by atoms with Gasteiger partial charge >= 0.3 is 0 Å². The highest BCUT2D eigenvalue weighted by Crippen LogP contribution is 2.20. The maximum Gasteiger partial charge on any atom is 0.260 e. The highest BCUT2D eigenvalue weighted by molar-refractivity contribution is 6.30. The minimum Gasteiger partial charge on any atom is -0.491 e. The molecule has 0 saturated heterocycles. The standard InChI is InChI=1S/C19H22ClNO3/c1-13-6-4-9-18(14(13)2)23-11-10-21-19(22)15(3)24-17-8-5-7-16(20)12-17/h4-9,12,15H,10-11H2,1-3H3,(H,21,22)/t15-/m1/s1. The topological polar surface area (TPSA) is 47.6 Å². The Labute approximate surface area is 147 Å². The second-order valence-corrected chi connectivity index (χ2v) is 5.99. The van der Waals surface area contributed by atoms with E-state index in [0.29, 0.717) is 23.9 Å². The van der Waals surface area contributed by atoms with Gasteiger partial charge in [-0.05, 0) is 56.2 Å². The Morgan fingerprint density at radius 1 is 1.21 bits per heavy atom. The van der Waals surface area contributed by atoms with Crippen molar-refractivity contribution in [2.24, 2.45) is 0 Å². The Balaban J connectivity index is 1.75. The van der Waals surface area contributed by atoms with Crippen molar-refractivity contribution in [3.05, 3.63) is 58.6 Å². The molecule has 1 amide bonds. The fraction of sp³-hybridized carbons (Fsp3) is 0.316. The van der Waals surface area contributed by atoms with E-state index < -0.39 is 6.10 Å². The lowest BCUT2D eigenvalue weighted by atomic mass is 10.1. The first-order valence-corrected chi connectivity index (χ1v) is 8.24. The van der Waals surface area contributed by atoms with Crippen LogP contribution in [0.3, 0.4) is 0 Å². The normalized spacial score (nSPS) is 11.7. The van der Waals surface area contributed by atoms with Crippen LogP contribution in [0.2, 0.25) is 5.02 Å². The van der Waals surface area contributed by atoms with Crippen LogP contribution in [0.1, 0.15) is 18.1 Å². The molecule has 0 saturated carbocycles. The molecule has 24 heavy (non-hydrogen) atoms. The third-order valence-corrected chi connectivity index (χ3v) is 3.93. The molecule has 2 aromatic carbocycles. The quantitative estimate of drug-likeness (QED) is 0.772. The fourth-order valence-electron chi connectivity index (χ4n) is 2.16. The molecule has 2 rings (SSSR count). The highest BCUT2D eigenvalue weighted by Gasteiger charge is 2.14. The minimum absolute atomic E-state index is 0.195. The molecule has 0 bridgehead atoms. The van der Waals surface area contributed by atoms with Gasteiger partial charge in [-0.3, -0.25) is 4.79 Å². The second kappa shape index (κ2) is 8.60. The summed E-state index contributed by atoms with van der Waals surface area (Å²) in [5.41, 5.74) is 2.29. The van der Waals surface area contributed by atoms with Crippen molar-refractivity contribution < 1.29 is 14.3 Å². The summed E-state index contributed by atoms with van der Waals surface area (Å²) in [7, 11) is 0. The number of benzene rings is 2. The van der Waals surface area contributed by atoms with E-state index in [-0.39, 0.29) is 5.91 Å². The van der Waals surface area contributed by atoms with E-state index >= 15 is 0 Å². The summed E-state index contributed by atoms with van der Waals surface area (Å²) in [5, 5.41) is 3.37. The van der Waals surface area contributed by atoms with Gasteiger partial charge in [0.05, 0.1) is 6.54 Å². The number of carbonyl (C=O) groups is 1. The molecule has 0 aliphatic heterocycles. The molecular weight excluding hydrogens is 326 g/mol. The van der Waals surface area contributed by atoms with Crippen LogP contribution in [0, 0.1) is 13.8 Å². The maximum atomic E-state index is 12.0. The first-order valence-electron chi connectivity index (χ1n) is 7.86. The van der Waals surface area contributed by atoms with Gasteiger partial charge in [0.1, 0.15) is 18.1 Å². The van der Waals surface area contributed by atoms with Gasteiger partial charge in [-0.2, -0.15) is 0 Å². The van der Waals surface area contributed by atoms with Gasteiger partial charge in [-0.1, -0.05) is 29.8 Å². The number of hydrogen-bond donors (Lipinski definition) is 1. The second-order valence-electron chi connectivity index (χ2n) is 5.55. The van der Waals surface area contributed by atoms with Crippen molar-refractivity contribution in [3.8, 4) is 11.5 Å². The van der Waals surface area contributed by atoms with Crippen molar-refractivity contribution >= 4 is 17.5 Å². The average molecular weight is 348 g/mol. The summed E-state index contributed by atoms with van der Waals surface area (Å²) in [6, 6.07) is 12.9. The van der Waals surface area contributed by atoms with Crippen LogP contribution in [-0.4, -0.2) is 25.2 Å². The Kier molecular flexibility index (Phi) is 6.50. The third kappa shape index (κ3) is 5.17. The van der Waals surface area contributed by atoms with Gasteiger partial charge in [-0.15, -0.1) is 0 Å². The van der Waals surface area contributed by atoms with Crippen molar-refractivity contribution in [3.63, 3.8) is 0 Å². The number of hydrogen-bond acceptors (Lipinski definition) is 3. The van der Waals surface area contributed by atoms with Crippen molar-refractivity contribution in [1.29, 1.82) is 0 Å². The Bertz CT molecular complexity index is 703. The Morgan fingerprint density at radius 3 is 2.71 bits per heavy atom. The van der Waals surface area contributed by atoms with E-state index in [0.717, 1.165) is 11.3 Å². The lowest BCUT2D eigenvalue weighted by Gasteiger charge is -2.15. The molecular formula is C19H22ClNO3. The first-order chi connectivity index (χ1) is 11.5. The number of carbonyl (C=O) groups excluding carboxylic acids is 1. The maximum absolute atomic E-state index is 12.0. The van der Waals surface area contributed by atoms with Crippen LogP contribution in [-0.2, 0) is 4.79 Å². The number of ether oxygens (including phenoxy) is 2. The van der Waals surface area contributed by atoms with Gasteiger partial charge < -0.3 is 14.8 Å². The van der Waals surface area contributed by atoms with Gasteiger partial charge in [-0.25, -0.2) is 0 Å². The molecule has 5 heteroatoms. The zero-order valence-electron chi connectivity index (χ0n) is 14.1. The van der Waals surface area contributed by atoms with E-state index in [1.165, 1.54) is 5.56 Å². The summed E-state index contributed by atoms with van der Waals surface area (Å²) in [5.74, 6) is 1.21. The highest BCUT2D eigenvalue weighted by atomic mass is 35.5. The summed E-state index contributed by atoms with van der Waals surface area (Å²) >= 11 is 5.90. The van der Waals surface area contributed by atoms with E-state index in [9.17, 15) is 4.79 Å². The zero-order valence-corrected chi connectivity index (χ0v) is 14.9. The molecule has 0 radical (unpaired) electrons. The zero-order chi connectivity index (χ0) is 17.5. The minimum atomic E-state index is -0.607. The van der Waals surface area contributed by atoms with Crippen LogP contribution in [0.4, 0.5) is 0 Å². The average Bonchev–Trinajstić information content (AvgIpc) is 2.55. The SMILES string of the molecule is Cc1cccc(OCCNC(=O)[C@@H](C)Oc2cccc(Cl)c2)c1C. The fourth-order valence-corrected chi connectivity index (χ4v) is 2.34. The molecule has 4 nitrogen and oxygen atoms in total. The first kappa shape index (κ1) is 18.1. The summed E-state index contributed by atoms with van der Waals surface area (Å²) < 4.78 is 11.3. The molecule has 1 N–H and O–H groups in total. The molecule has 0 aliphatic carbocycles. The number of aryl methyl sites for hydroxylation is 1. The summed E-state index contributed by atoms with van der Waals surface area (Å²) in [6.07, 6.45) is -0.607. The molecule has 1 atom stereocenters. The van der Waals surface area contributed by atoms with Crippen LogP contribution in [0.15, 0.2) is 42.5 Å². The predicted octanol–water partition coefficient (Wildman–Crippen LogP) is 3.92. The Morgan fingerprint density at radius 2 is 1.96 bits per heavy atom. The number of amides is 1. The van der Waals surface area contributed by atoms with Crippen molar-refractivity contribution in [2.75, 3.05) is 13.2 Å². The molecule has 2 aromatic rings. The van der Waals surface area contributed by atoms with Crippen molar-refractivity contribution in [1.82, 2.24) is 5.32 Å². The molecule has 0 unspecified atom stereocenters. The largest absolute Gasteiger partial charge is 0.491 e. The molecule has 128 valence electrons.